The molecule has 1 fully saturated rings. The Morgan fingerprint density at radius 1 is 1.04 bits per heavy atom. The Labute approximate surface area is 155 Å². The predicted octanol–water partition coefficient (Wildman–Crippen LogP) is 5.26. The Balaban J connectivity index is 1.98. The van der Waals surface area contributed by atoms with E-state index in [1.807, 2.05) is 18.2 Å². The van der Waals surface area contributed by atoms with Crippen molar-refractivity contribution in [1.82, 2.24) is 4.31 Å². The molecule has 0 N–H and O–H groups in total. The van der Waals surface area contributed by atoms with Crippen LogP contribution in [0.4, 0.5) is 4.39 Å². The molecule has 140 valence electrons. The van der Waals surface area contributed by atoms with Crippen molar-refractivity contribution in [2.75, 3.05) is 6.54 Å². The van der Waals surface area contributed by atoms with Crippen LogP contribution in [0, 0.1) is 5.82 Å². The quantitative estimate of drug-likeness (QED) is 0.731. The molecular weight excluding hydrogens is 349 g/mol. The summed E-state index contributed by atoms with van der Waals surface area (Å²) >= 11 is 0. The van der Waals surface area contributed by atoms with Gasteiger partial charge in [0.25, 0.3) is 0 Å². The molecule has 3 nitrogen and oxygen atoms in total. The molecule has 0 saturated carbocycles. The third-order valence-electron chi connectivity index (χ3n) is 5.09. The van der Waals surface area contributed by atoms with Crippen molar-refractivity contribution in [3.05, 3.63) is 65.5 Å². The minimum Gasteiger partial charge on any atom is -0.207 e. The summed E-state index contributed by atoms with van der Waals surface area (Å²) in [6.45, 7) is 4.63. The molecule has 1 saturated heterocycles. The van der Waals surface area contributed by atoms with E-state index in [9.17, 15) is 12.8 Å². The number of hydrogen-bond acceptors (Lipinski definition) is 2. The maximum Gasteiger partial charge on any atom is 0.243 e. The highest BCUT2D eigenvalue weighted by atomic mass is 32.2. The number of benzene rings is 2. The molecule has 0 aromatic heterocycles. The van der Waals surface area contributed by atoms with Crippen LogP contribution in [0.3, 0.4) is 0 Å². The van der Waals surface area contributed by atoms with E-state index in [4.69, 9.17) is 0 Å². The molecule has 2 aromatic carbocycles. The van der Waals surface area contributed by atoms with E-state index in [1.54, 1.807) is 22.5 Å². The molecule has 5 heteroatoms. The number of hydrogen-bond donors (Lipinski definition) is 0. The number of sulfonamides is 1. The fourth-order valence-corrected chi connectivity index (χ4v) is 5.26. The molecule has 0 amide bonds. The van der Waals surface area contributed by atoms with E-state index in [0.717, 1.165) is 30.4 Å². The minimum absolute atomic E-state index is 0.310. The van der Waals surface area contributed by atoms with Gasteiger partial charge in [0.1, 0.15) is 5.82 Å². The van der Waals surface area contributed by atoms with Gasteiger partial charge < -0.3 is 0 Å². The lowest BCUT2D eigenvalue weighted by Gasteiger charge is -2.29. The van der Waals surface area contributed by atoms with E-state index < -0.39 is 10.0 Å². The highest BCUT2D eigenvalue weighted by molar-refractivity contribution is 7.89. The number of rotatable bonds is 4. The molecule has 0 bridgehead atoms. The minimum atomic E-state index is -3.63. The highest BCUT2D eigenvalue weighted by Crippen LogP contribution is 2.35. The van der Waals surface area contributed by atoms with Gasteiger partial charge in [-0.1, -0.05) is 51.0 Å². The predicted molar refractivity (Wildman–Crippen MR) is 102 cm³/mol. The van der Waals surface area contributed by atoms with Crippen LogP contribution in [-0.2, 0) is 10.0 Å². The zero-order chi connectivity index (χ0) is 18.7. The lowest BCUT2D eigenvalue weighted by molar-refractivity contribution is 0.328. The van der Waals surface area contributed by atoms with Crippen LogP contribution in [-0.4, -0.2) is 19.3 Å². The highest BCUT2D eigenvalue weighted by Gasteiger charge is 2.33. The fourth-order valence-electron chi connectivity index (χ4n) is 3.58. The summed E-state index contributed by atoms with van der Waals surface area (Å²) in [5, 5.41) is 0. The average Bonchev–Trinajstić information content (AvgIpc) is 2.88. The van der Waals surface area contributed by atoms with Gasteiger partial charge in [-0.15, -0.1) is 0 Å². The summed E-state index contributed by atoms with van der Waals surface area (Å²) in [7, 11) is -3.63. The maximum absolute atomic E-state index is 13.7. The van der Waals surface area contributed by atoms with Crippen LogP contribution in [0.15, 0.2) is 53.4 Å². The smallest absolute Gasteiger partial charge is 0.207 e. The van der Waals surface area contributed by atoms with Gasteiger partial charge in [-0.05, 0) is 54.2 Å². The van der Waals surface area contributed by atoms with E-state index >= 15 is 0 Å². The van der Waals surface area contributed by atoms with Gasteiger partial charge in [-0.25, -0.2) is 12.8 Å². The van der Waals surface area contributed by atoms with Gasteiger partial charge in [0.15, 0.2) is 0 Å². The first-order chi connectivity index (χ1) is 12.4. The molecule has 1 aliphatic rings. The van der Waals surface area contributed by atoms with E-state index in [-0.39, 0.29) is 11.9 Å². The SMILES string of the molecule is CC(C)c1ccc(S(=O)(=O)N2CCCCC[C@H]2c2cccc(F)c2)cc1. The van der Waals surface area contributed by atoms with Crippen LogP contribution in [0.2, 0.25) is 0 Å². The Kier molecular flexibility index (Phi) is 5.78. The van der Waals surface area contributed by atoms with Crippen molar-refractivity contribution in [2.45, 2.75) is 56.4 Å². The van der Waals surface area contributed by atoms with Gasteiger partial charge in [-0.3, -0.25) is 0 Å². The second-order valence-electron chi connectivity index (χ2n) is 7.26. The Bertz CT molecular complexity index is 847. The van der Waals surface area contributed by atoms with E-state index in [1.165, 1.54) is 12.1 Å². The van der Waals surface area contributed by atoms with Crippen molar-refractivity contribution in [2.24, 2.45) is 0 Å². The van der Waals surface area contributed by atoms with E-state index in [2.05, 4.69) is 13.8 Å². The average molecular weight is 376 g/mol. The summed E-state index contributed by atoms with van der Waals surface area (Å²) in [5.41, 5.74) is 1.84. The first-order valence-electron chi connectivity index (χ1n) is 9.27. The summed E-state index contributed by atoms with van der Waals surface area (Å²) < 4.78 is 41.9. The number of nitrogens with zero attached hydrogens (tertiary/aromatic N) is 1. The first-order valence-corrected chi connectivity index (χ1v) is 10.7. The van der Waals surface area contributed by atoms with Crippen LogP contribution in [0.25, 0.3) is 0 Å². The zero-order valence-electron chi connectivity index (χ0n) is 15.4. The maximum atomic E-state index is 13.7. The lowest BCUT2D eigenvalue weighted by atomic mass is 10.0. The molecule has 0 aliphatic carbocycles. The van der Waals surface area contributed by atoms with Crippen molar-refractivity contribution in [1.29, 1.82) is 0 Å². The molecule has 0 spiro atoms. The lowest BCUT2D eigenvalue weighted by Crippen LogP contribution is -2.34. The van der Waals surface area contributed by atoms with Crippen LogP contribution >= 0.6 is 0 Å². The topological polar surface area (TPSA) is 37.4 Å². The normalized spacial score (nSPS) is 19.5. The standard InChI is InChI=1S/C21H26FNO2S/c1-16(2)17-10-12-20(13-11-17)26(24,25)23-14-5-3-4-9-21(23)18-7-6-8-19(22)15-18/h6-8,10-13,15-16,21H,3-5,9,14H2,1-2H3/t21-/m0/s1. The van der Waals surface area contributed by atoms with Crippen molar-refractivity contribution in [3.8, 4) is 0 Å². The van der Waals surface area contributed by atoms with Crippen molar-refractivity contribution >= 4 is 10.0 Å². The molecule has 1 aliphatic heterocycles. The summed E-state index contributed by atoms with van der Waals surface area (Å²) in [4.78, 5) is 0.310. The summed E-state index contributed by atoms with van der Waals surface area (Å²) in [6.07, 6.45) is 3.48. The van der Waals surface area contributed by atoms with Gasteiger partial charge in [0, 0.05) is 6.54 Å². The summed E-state index contributed by atoms with van der Waals surface area (Å²) in [6, 6.07) is 13.2. The molecule has 26 heavy (non-hydrogen) atoms. The van der Waals surface area contributed by atoms with Gasteiger partial charge >= 0.3 is 0 Å². The molecule has 3 rings (SSSR count). The van der Waals surface area contributed by atoms with Crippen molar-refractivity contribution < 1.29 is 12.8 Å². The second kappa shape index (κ2) is 7.89. The second-order valence-corrected chi connectivity index (χ2v) is 9.15. The molecule has 1 atom stereocenters. The molecule has 2 aromatic rings. The largest absolute Gasteiger partial charge is 0.243 e. The van der Waals surface area contributed by atoms with Gasteiger partial charge in [0.2, 0.25) is 10.0 Å². The van der Waals surface area contributed by atoms with Crippen molar-refractivity contribution in [3.63, 3.8) is 0 Å². The summed E-state index contributed by atoms with van der Waals surface area (Å²) in [5.74, 6) is 0.0235. The Morgan fingerprint density at radius 3 is 2.42 bits per heavy atom. The zero-order valence-corrected chi connectivity index (χ0v) is 16.2. The van der Waals surface area contributed by atoms with Gasteiger partial charge in [-0.2, -0.15) is 4.31 Å². The molecule has 1 heterocycles. The Morgan fingerprint density at radius 2 is 1.77 bits per heavy atom. The third-order valence-corrected chi connectivity index (χ3v) is 7.01. The molecule has 0 radical (unpaired) electrons. The van der Waals surface area contributed by atoms with Crippen LogP contribution in [0.1, 0.15) is 62.6 Å². The number of halogens is 1. The third kappa shape index (κ3) is 3.99. The molecule has 0 unspecified atom stereocenters. The monoisotopic (exact) mass is 375 g/mol. The first kappa shape index (κ1) is 19.1. The fraction of sp³-hybridized carbons (Fsp3) is 0.429. The van der Waals surface area contributed by atoms with Crippen LogP contribution < -0.4 is 0 Å². The van der Waals surface area contributed by atoms with Gasteiger partial charge in [0.05, 0.1) is 10.9 Å². The molecular formula is C21H26FNO2S. The van der Waals surface area contributed by atoms with Crippen LogP contribution in [0.5, 0.6) is 0 Å². The van der Waals surface area contributed by atoms with E-state index in [0.29, 0.717) is 23.8 Å². The Hall–Kier alpha value is -1.72.